The van der Waals surface area contributed by atoms with Gasteiger partial charge < -0.3 is 19.1 Å². The van der Waals surface area contributed by atoms with Crippen LogP contribution in [0.2, 0.25) is 0 Å². The summed E-state index contributed by atoms with van der Waals surface area (Å²) in [6.45, 7) is 0. The normalized spacial score (nSPS) is 18.4. The van der Waals surface area contributed by atoms with Gasteiger partial charge in [-0.3, -0.25) is 9.59 Å². The molecule has 0 fully saturated rings. The number of thiazole rings is 1. The summed E-state index contributed by atoms with van der Waals surface area (Å²) in [7, 11) is -9.50. The molecule has 1 aliphatic carbocycles. The Kier molecular flexibility index (Phi) is 6.53. The molecular formula is C23H14N2O9S4-2. The largest absolute Gasteiger partial charge is 0.871 e. The van der Waals surface area contributed by atoms with Gasteiger partial charge in [-0.2, -0.15) is 4.57 Å². The Morgan fingerprint density at radius 2 is 1.58 bits per heavy atom. The number of ketones is 2. The van der Waals surface area contributed by atoms with Crippen LogP contribution in [0.15, 0.2) is 81.4 Å². The topological polar surface area (TPSA) is 179 Å². The Labute approximate surface area is 224 Å². The molecule has 15 heteroatoms. The number of para-hydroxylation sites is 2. The third-order valence-electron chi connectivity index (χ3n) is 5.57. The number of nitrogens with zero attached hydrogens (tertiary/aromatic N) is 2. The van der Waals surface area contributed by atoms with Crippen LogP contribution in [0.1, 0.15) is 5.01 Å². The van der Waals surface area contributed by atoms with E-state index in [1.165, 1.54) is 0 Å². The van der Waals surface area contributed by atoms with Crippen molar-refractivity contribution in [3.63, 3.8) is 0 Å². The second kappa shape index (κ2) is 9.44. The van der Waals surface area contributed by atoms with Gasteiger partial charge in [0.2, 0.25) is 23.0 Å². The van der Waals surface area contributed by atoms with Crippen LogP contribution in [0.4, 0.5) is 5.69 Å². The third kappa shape index (κ3) is 5.03. The zero-order valence-corrected chi connectivity index (χ0v) is 22.2. The summed E-state index contributed by atoms with van der Waals surface area (Å²) >= 11 is 2.04. The highest BCUT2D eigenvalue weighted by Gasteiger charge is 2.34. The van der Waals surface area contributed by atoms with Crippen LogP contribution in [0, 0.1) is 0 Å². The number of fused-ring (bicyclic) bond motifs is 2. The lowest BCUT2D eigenvalue weighted by atomic mass is 10.2. The summed E-state index contributed by atoms with van der Waals surface area (Å²) in [5.74, 6) is -5.15. The maximum atomic E-state index is 13.2. The quantitative estimate of drug-likeness (QED) is 0.172. The van der Waals surface area contributed by atoms with E-state index in [-0.39, 0.29) is 10.0 Å². The lowest BCUT2D eigenvalue weighted by Gasteiger charge is -2.22. The number of benzene rings is 2. The minimum atomic E-state index is -4.75. The van der Waals surface area contributed by atoms with Gasteiger partial charge in [0.25, 0.3) is 5.01 Å². The lowest BCUT2D eigenvalue weighted by molar-refractivity contribution is -0.649. The molecule has 0 N–H and O–H groups in total. The molecule has 2 heterocycles. The smallest absolute Gasteiger partial charge is 0.264 e. The Bertz CT molecular complexity index is 1850. The highest BCUT2D eigenvalue weighted by atomic mass is 32.2. The van der Waals surface area contributed by atoms with Crippen molar-refractivity contribution in [1.82, 2.24) is 0 Å². The number of hydrogen-bond donors (Lipinski definition) is 0. The second-order valence-corrected chi connectivity index (χ2v) is 13.0. The number of thioether (sulfide) groups is 1. The molecule has 0 atom stereocenters. The average Bonchev–Trinajstić information content (AvgIpc) is 3.41. The van der Waals surface area contributed by atoms with Crippen molar-refractivity contribution in [2.45, 2.75) is 10.8 Å². The number of Topliss-reactive ketones (excluding diaryl/α,β-unsaturated/α-hetero) is 2. The standard InChI is InChI=1S/C23H16N2O9S4/c26-21-13(9-19-24(11-37(29,30)31)15-5-1-3-7-17(15)35-19)22(27)23(28)14(21)10-20-25(12-38(32,33)34)16-6-2-4-8-18(16)36-20/h1-10H,11-12H2,(H2-,26,27,28,29,30,31,32,33,34)/p-2. The molecule has 2 aliphatic rings. The Hall–Kier alpha value is -3.34. The van der Waals surface area contributed by atoms with Crippen LogP contribution in [-0.4, -0.2) is 43.4 Å². The first-order valence-corrected chi connectivity index (χ1v) is 15.4. The van der Waals surface area contributed by atoms with E-state index in [0.29, 0.717) is 20.8 Å². The fraction of sp³-hybridized carbons (Fsp3) is 0.0870. The van der Waals surface area contributed by atoms with Crippen molar-refractivity contribution < 1.29 is 45.2 Å². The van der Waals surface area contributed by atoms with Crippen LogP contribution in [0.25, 0.3) is 16.3 Å². The van der Waals surface area contributed by atoms with E-state index in [1.54, 1.807) is 48.5 Å². The Balaban J connectivity index is 1.62. The van der Waals surface area contributed by atoms with Crippen molar-refractivity contribution in [3.8, 4) is 0 Å². The molecule has 1 aliphatic heterocycles. The molecule has 0 saturated heterocycles. The Morgan fingerprint density at radius 1 is 0.895 bits per heavy atom. The van der Waals surface area contributed by atoms with Crippen LogP contribution < -0.4 is 14.6 Å². The van der Waals surface area contributed by atoms with E-state index in [2.05, 4.69) is 0 Å². The molecule has 0 saturated carbocycles. The number of aromatic nitrogens is 1. The second-order valence-electron chi connectivity index (χ2n) is 8.15. The molecule has 0 amide bonds. The van der Waals surface area contributed by atoms with E-state index in [4.69, 9.17) is 0 Å². The summed E-state index contributed by atoms with van der Waals surface area (Å²) in [6.07, 6.45) is 2.14. The SMILES string of the molecule is O=C1C(=O)C(C=C2Sc3ccccc3N2CS(=O)(=O)[O-])=C([O-])C1=Cc1sc2ccccc2[n+]1CS(=O)(=O)[O-]. The van der Waals surface area contributed by atoms with E-state index < -0.39 is 60.5 Å². The maximum Gasteiger partial charge on any atom is 0.264 e. The van der Waals surface area contributed by atoms with Gasteiger partial charge in [-0.05, 0) is 24.3 Å². The van der Waals surface area contributed by atoms with Gasteiger partial charge in [-0.15, -0.1) is 0 Å². The summed E-state index contributed by atoms with van der Waals surface area (Å²) in [4.78, 5) is 27.3. The van der Waals surface area contributed by atoms with E-state index in [0.717, 1.165) is 44.7 Å². The van der Waals surface area contributed by atoms with Crippen molar-refractivity contribution >= 4 is 76.9 Å². The fourth-order valence-electron chi connectivity index (χ4n) is 4.01. The van der Waals surface area contributed by atoms with E-state index in [9.17, 15) is 40.6 Å². The van der Waals surface area contributed by atoms with Crippen molar-refractivity contribution in [2.75, 3.05) is 10.8 Å². The molecule has 38 heavy (non-hydrogen) atoms. The molecule has 0 radical (unpaired) electrons. The fourth-order valence-corrected chi connectivity index (χ4v) is 7.57. The van der Waals surface area contributed by atoms with Gasteiger partial charge in [0.1, 0.15) is 20.7 Å². The first kappa shape index (κ1) is 26.3. The molecule has 11 nitrogen and oxygen atoms in total. The van der Waals surface area contributed by atoms with E-state index in [1.807, 2.05) is 0 Å². The maximum absolute atomic E-state index is 13.2. The predicted molar refractivity (Wildman–Crippen MR) is 134 cm³/mol. The zero-order valence-electron chi connectivity index (χ0n) is 18.9. The summed E-state index contributed by atoms with van der Waals surface area (Å²) in [5.41, 5.74) is -0.300. The van der Waals surface area contributed by atoms with Gasteiger partial charge in [0.15, 0.2) is 10.1 Å². The first-order valence-electron chi connectivity index (χ1n) is 10.6. The highest BCUT2D eigenvalue weighted by molar-refractivity contribution is 8.03. The van der Waals surface area contributed by atoms with Gasteiger partial charge in [-0.1, -0.05) is 53.1 Å². The average molecular weight is 591 g/mol. The van der Waals surface area contributed by atoms with Crippen LogP contribution in [0.5, 0.6) is 0 Å². The number of hydrogen-bond acceptors (Lipinski definition) is 12. The zero-order chi connectivity index (χ0) is 27.4. The van der Waals surface area contributed by atoms with E-state index >= 15 is 0 Å². The van der Waals surface area contributed by atoms with Crippen LogP contribution in [-0.2, 0) is 35.7 Å². The molecule has 0 unspecified atom stereocenters. The Morgan fingerprint density at radius 3 is 2.29 bits per heavy atom. The van der Waals surface area contributed by atoms with Gasteiger partial charge in [0.05, 0.1) is 10.7 Å². The number of carbonyl (C=O) groups excluding carboxylic acids is 2. The monoisotopic (exact) mass is 590 g/mol. The molecule has 1 aromatic heterocycles. The van der Waals surface area contributed by atoms with Gasteiger partial charge in [-0.25, -0.2) is 16.8 Å². The minimum Gasteiger partial charge on any atom is -0.871 e. The summed E-state index contributed by atoms with van der Waals surface area (Å²) in [6, 6.07) is 13.1. The minimum absolute atomic E-state index is 0.0887. The lowest BCUT2D eigenvalue weighted by Crippen LogP contribution is -2.39. The number of rotatable bonds is 6. The van der Waals surface area contributed by atoms with Gasteiger partial charge in [0, 0.05) is 28.2 Å². The highest BCUT2D eigenvalue weighted by Crippen LogP contribution is 2.46. The summed E-state index contributed by atoms with van der Waals surface area (Å²) < 4.78 is 70.8. The predicted octanol–water partition coefficient (Wildman–Crippen LogP) is 0.797. The van der Waals surface area contributed by atoms with Crippen molar-refractivity contribution in [3.05, 3.63) is 81.5 Å². The molecule has 2 aromatic carbocycles. The number of allylic oxidation sites excluding steroid dienone is 3. The van der Waals surface area contributed by atoms with Crippen LogP contribution >= 0.6 is 23.1 Å². The van der Waals surface area contributed by atoms with Gasteiger partial charge >= 0.3 is 0 Å². The molecule has 3 aromatic rings. The number of carbonyl (C=O) groups is 2. The molecular weight excluding hydrogens is 577 g/mol. The first-order chi connectivity index (χ1) is 17.8. The molecule has 0 bridgehead atoms. The van der Waals surface area contributed by atoms with Crippen molar-refractivity contribution in [2.24, 2.45) is 0 Å². The van der Waals surface area contributed by atoms with Crippen LogP contribution in [0.3, 0.4) is 0 Å². The molecule has 196 valence electrons. The third-order valence-corrected chi connectivity index (χ3v) is 8.94. The van der Waals surface area contributed by atoms with Crippen molar-refractivity contribution in [1.29, 1.82) is 0 Å². The molecule has 0 spiro atoms. The molecule has 5 rings (SSSR count). The summed E-state index contributed by atoms with van der Waals surface area (Å²) in [5, 5.41) is 13.4. The number of anilines is 1.